The van der Waals surface area contributed by atoms with Crippen LogP contribution in [0.2, 0.25) is 0 Å². The number of ether oxygens (including phenoxy) is 1. The van der Waals surface area contributed by atoms with Crippen LogP contribution in [0.4, 0.5) is 11.4 Å². The van der Waals surface area contributed by atoms with Gasteiger partial charge in [0.15, 0.2) is 5.17 Å². The van der Waals surface area contributed by atoms with Gasteiger partial charge >= 0.3 is 0 Å². The summed E-state index contributed by atoms with van der Waals surface area (Å²) in [6.07, 6.45) is 0.112. The second-order valence-electron chi connectivity index (χ2n) is 5.56. The maximum atomic E-state index is 12.5. The number of thioether (sulfide) groups is 1. The lowest BCUT2D eigenvalue weighted by atomic mass is 10.2. The molecule has 7 heteroatoms. The van der Waals surface area contributed by atoms with Crippen molar-refractivity contribution in [1.29, 1.82) is 0 Å². The van der Waals surface area contributed by atoms with Crippen LogP contribution in [0.3, 0.4) is 0 Å². The molecule has 1 atom stereocenters. The van der Waals surface area contributed by atoms with Gasteiger partial charge in [0, 0.05) is 12.1 Å². The third kappa shape index (κ3) is 4.86. The number of benzene rings is 2. The minimum absolute atomic E-state index is 0.112. The van der Waals surface area contributed by atoms with Crippen LogP contribution in [0, 0.1) is 0 Å². The number of para-hydroxylation sites is 1. The van der Waals surface area contributed by atoms with Crippen LogP contribution in [-0.2, 0) is 9.59 Å². The van der Waals surface area contributed by atoms with E-state index < -0.39 is 5.25 Å². The first-order valence-electron chi connectivity index (χ1n) is 8.28. The first kappa shape index (κ1) is 18.0. The highest BCUT2D eigenvalue weighted by Crippen LogP contribution is 2.25. The van der Waals surface area contributed by atoms with Crippen molar-refractivity contribution < 1.29 is 14.3 Å². The zero-order valence-corrected chi connectivity index (χ0v) is 15.1. The molecule has 26 heavy (non-hydrogen) atoms. The molecule has 1 aliphatic heterocycles. The predicted molar refractivity (Wildman–Crippen MR) is 104 cm³/mol. The fourth-order valence-electron chi connectivity index (χ4n) is 2.39. The summed E-state index contributed by atoms with van der Waals surface area (Å²) in [7, 11) is 0. The van der Waals surface area contributed by atoms with Crippen molar-refractivity contribution in [2.45, 2.75) is 18.6 Å². The molecule has 1 aliphatic rings. The zero-order chi connectivity index (χ0) is 18.4. The summed E-state index contributed by atoms with van der Waals surface area (Å²) >= 11 is 1.25. The van der Waals surface area contributed by atoms with E-state index in [0.29, 0.717) is 17.5 Å². The number of carbonyl (C=O) groups excluding carboxylic acids is 2. The molecule has 0 aliphatic carbocycles. The van der Waals surface area contributed by atoms with Gasteiger partial charge in [0.05, 0.1) is 12.3 Å². The monoisotopic (exact) mass is 369 g/mol. The van der Waals surface area contributed by atoms with Gasteiger partial charge in [-0.3, -0.25) is 9.59 Å². The highest BCUT2D eigenvalue weighted by molar-refractivity contribution is 8.15. The van der Waals surface area contributed by atoms with Gasteiger partial charge in [0.25, 0.3) is 0 Å². The minimum atomic E-state index is -0.530. The molecule has 3 rings (SSSR count). The minimum Gasteiger partial charge on any atom is -0.494 e. The average molecular weight is 369 g/mol. The second-order valence-corrected chi connectivity index (χ2v) is 6.75. The van der Waals surface area contributed by atoms with Gasteiger partial charge in [0.1, 0.15) is 11.0 Å². The average Bonchev–Trinajstić information content (AvgIpc) is 2.64. The summed E-state index contributed by atoms with van der Waals surface area (Å²) in [5.41, 5.74) is 1.38. The molecule has 0 spiro atoms. The molecule has 2 aromatic carbocycles. The zero-order valence-electron chi connectivity index (χ0n) is 14.3. The third-order valence-electron chi connectivity index (χ3n) is 3.58. The molecule has 2 amide bonds. The summed E-state index contributed by atoms with van der Waals surface area (Å²) < 4.78 is 5.38. The van der Waals surface area contributed by atoms with Crippen molar-refractivity contribution in [2.75, 3.05) is 11.9 Å². The predicted octanol–water partition coefficient (Wildman–Crippen LogP) is 3.33. The summed E-state index contributed by atoms with van der Waals surface area (Å²) in [6, 6.07) is 16.4. The van der Waals surface area contributed by atoms with Crippen molar-refractivity contribution >= 4 is 40.1 Å². The highest BCUT2D eigenvalue weighted by Gasteiger charge is 2.30. The Morgan fingerprint density at radius 2 is 1.96 bits per heavy atom. The molecule has 1 fully saturated rings. The topological polar surface area (TPSA) is 79.8 Å². The van der Waals surface area contributed by atoms with E-state index in [-0.39, 0.29) is 18.2 Å². The Labute approximate surface area is 156 Å². The molecule has 2 N–H and O–H groups in total. The molecule has 1 saturated heterocycles. The van der Waals surface area contributed by atoms with Gasteiger partial charge in [-0.25, -0.2) is 4.99 Å². The van der Waals surface area contributed by atoms with Crippen molar-refractivity contribution in [1.82, 2.24) is 5.32 Å². The molecule has 134 valence electrons. The summed E-state index contributed by atoms with van der Waals surface area (Å²) in [5.74, 6) is 0.300. The van der Waals surface area contributed by atoms with E-state index in [2.05, 4.69) is 15.6 Å². The lowest BCUT2D eigenvalue weighted by Crippen LogP contribution is -2.41. The Balaban J connectivity index is 1.66. The van der Waals surface area contributed by atoms with Crippen LogP contribution in [-0.4, -0.2) is 28.8 Å². The SMILES string of the molecule is CCOc1ccc(NC(=O)[C@H]2CC(=O)NC(=Nc3ccccc3)S2)cc1. The number of aliphatic imine (C=N–C) groups is 1. The van der Waals surface area contributed by atoms with E-state index in [4.69, 9.17) is 4.74 Å². The Hall–Kier alpha value is -2.80. The van der Waals surface area contributed by atoms with Crippen molar-refractivity contribution in [3.8, 4) is 5.75 Å². The third-order valence-corrected chi connectivity index (χ3v) is 4.67. The lowest BCUT2D eigenvalue weighted by molar-refractivity contribution is -0.123. The summed E-state index contributed by atoms with van der Waals surface area (Å²) in [5, 5.41) is 5.45. The van der Waals surface area contributed by atoms with Gasteiger partial charge in [-0.1, -0.05) is 30.0 Å². The van der Waals surface area contributed by atoms with Gasteiger partial charge in [-0.15, -0.1) is 0 Å². The largest absolute Gasteiger partial charge is 0.494 e. The number of nitrogens with one attached hydrogen (secondary N) is 2. The highest BCUT2D eigenvalue weighted by atomic mass is 32.2. The number of hydrogen-bond acceptors (Lipinski definition) is 5. The number of anilines is 1. The normalized spacial score (nSPS) is 18.3. The lowest BCUT2D eigenvalue weighted by Gasteiger charge is -2.22. The van der Waals surface area contributed by atoms with Crippen LogP contribution >= 0.6 is 11.8 Å². The van der Waals surface area contributed by atoms with Crippen LogP contribution in [0.5, 0.6) is 5.75 Å². The van der Waals surface area contributed by atoms with Crippen LogP contribution < -0.4 is 15.4 Å². The van der Waals surface area contributed by atoms with Gasteiger partial charge < -0.3 is 15.4 Å². The van der Waals surface area contributed by atoms with Gasteiger partial charge in [-0.2, -0.15) is 0 Å². The molecule has 1 heterocycles. The van der Waals surface area contributed by atoms with E-state index in [1.165, 1.54) is 11.8 Å². The quantitative estimate of drug-likeness (QED) is 0.847. The second kappa shape index (κ2) is 8.53. The molecule has 6 nitrogen and oxygen atoms in total. The summed E-state index contributed by atoms with van der Waals surface area (Å²) in [6.45, 7) is 2.50. The van der Waals surface area contributed by atoms with Crippen LogP contribution in [0.1, 0.15) is 13.3 Å². The van der Waals surface area contributed by atoms with E-state index >= 15 is 0 Å². The Kier molecular flexibility index (Phi) is 5.91. The Bertz CT molecular complexity index is 807. The smallest absolute Gasteiger partial charge is 0.238 e. The van der Waals surface area contributed by atoms with E-state index in [0.717, 1.165) is 11.4 Å². The van der Waals surface area contributed by atoms with E-state index in [1.54, 1.807) is 24.3 Å². The number of hydrogen-bond donors (Lipinski definition) is 2. The number of nitrogens with zero attached hydrogens (tertiary/aromatic N) is 1. The van der Waals surface area contributed by atoms with E-state index in [1.807, 2.05) is 37.3 Å². The Morgan fingerprint density at radius 1 is 1.23 bits per heavy atom. The standard InChI is InChI=1S/C19H19N3O3S/c1-2-25-15-10-8-14(9-11-15)20-18(24)16-12-17(23)22-19(26-16)21-13-6-4-3-5-7-13/h3-11,16H,2,12H2,1H3,(H,20,24)(H,21,22,23)/t16-/m1/s1. The first-order chi connectivity index (χ1) is 12.6. The number of amidine groups is 1. The van der Waals surface area contributed by atoms with Crippen LogP contribution in [0.15, 0.2) is 59.6 Å². The van der Waals surface area contributed by atoms with Crippen molar-refractivity contribution in [3.05, 3.63) is 54.6 Å². The molecule has 0 radical (unpaired) electrons. The van der Waals surface area contributed by atoms with Gasteiger partial charge in [0.2, 0.25) is 11.8 Å². The number of carbonyl (C=O) groups is 2. The molecule has 0 saturated carbocycles. The van der Waals surface area contributed by atoms with Gasteiger partial charge in [-0.05, 0) is 43.3 Å². The Morgan fingerprint density at radius 3 is 2.65 bits per heavy atom. The first-order valence-corrected chi connectivity index (χ1v) is 9.16. The molecular formula is C19H19N3O3S. The molecule has 0 unspecified atom stereocenters. The van der Waals surface area contributed by atoms with E-state index in [9.17, 15) is 9.59 Å². The number of rotatable bonds is 5. The van der Waals surface area contributed by atoms with Crippen LogP contribution in [0.25, 0.3) is 0 Å². The molecular weight excluding hydrogens is 350 g/mol. The fourth-order valence-corrected chi connectivity index (χ4v) is 3.39. The maximum absolute atomic E-state index is 12.5. The molecule has 0 aromatic heterocycles. The summed E-state index contributed by atoms with van der Waals surface area (Å²) in [4.78, 5) is 28.9. The van der Waals surface area contributed by atoms with Crippen molar-refractivity contribution in [2.24, 2.45) is 4.99 Å². The maximum Gasteiger partial charge on any atom is 0.238 e. The number of amides is 2. The fraction of sp³-hybridized carbons (Fsp3) is 0.211. The molecule has 0 bridgehead atoms. The van der Waals surface area contributed by atoms with Crippen molar-refractivity contribution in [3.63, 3.8) is 0 Å². The molecule has 2 aromatic rings.